The van der Waals surface area contributed by atoms with Gasteiger partial charge in [-0.1, -0.05) is 12.2 Å². The molecule has 5 nitrogen and oxygen atoms in total. The van der Waals surface area contributed by atoms with E-state index < -0.39 is 10.2 Å². The average molecular weight is 211 g/mol. The molecule has 0 aliphatic heterocycles. The number of hydrogen-bond donors (Lipinski definition) is 2. The molecule has 0 spiro atoms. The third-order valence-electron chi connectivity index (χ3n) is 1.21. The van der Waals surface area contributed by atoms with Crippen molar-refractivity contribution in [2.24, 2.45) is 10.9 Å². The lowest BCUT2D eigenvalue weighted by atomic mass is 10.4. The van der Waals surface area contributed by atoms with Gasteiger partial charge in [0.25, 0.3) is 10.2 Å². The fraction of sp³-hybridized carbons (Fsp3) is 0.800. The summed E-state index contributed by atoms with van der Waals surface area (Å²) in [7, 11) is -3.69. The van der Waals surface area contributed by atoms with Crippen molar-refractivity contribution in [3.63, 3.8) is 0 Å². The van der Waals surface area contributed by atoms with Crippen LogP contribution in [0.1, 0.15) is 13.8 Å². The predicted molar refractivity (Wildman–Crippen MR) is 51.7 cm³/mol. The molecule has 0 saturated heterocycles. The second kappa shape index (κ2) is 4.13. The van der Waals surface area contributed by atoms with Gasteiger partial charge in [0.05, 0.1) is 11.5 Å². The number of hydrogen-bond acceptors (Lipinski definition) is 3. The molecule has 0 aliphatic rings. The maximum Gasteiger partial charge on any atom is 0.277 e. The van der Waals surface area contributed by atoms with Gasteiger partial charge in [0.15, 0.2) is 0 Å². The van der Waals surface area contributed by atoms with Crippen molar-refractivity contribution in [2.45, 2.75) is 19.9 Å². The summed E-state index contributed by atoms with van der Waals surface area (Å²) in [5.74, 6) is 0. The van der Waals surface area contributed by atoms with Crippen LogP contribution in [-0.4, -0.2) is 30.3 Å². The maximum atomic E-state index is 10.9. The smallest absolute Gasteiger partial charge is 0.277 e. The first kappa shape index (κ1) is 11.8. The molecular formula is C5H13N3O2S2. The van der Waals surface area contributed by atoms with Gasteiger partial charge < -0.3 is 5.73 Å². The molecule has 72 valence electrons. The van der Waals surface area contributed by atoms with Crippen molar-refractivity contribution in [1.29, 1.82) is 0 Å². The molecule has 0 fully saturated rings. The highest BCUT2D eigenvalue weighted by molar-refractivity contribution is 7.87. The van der Waals surface area contributed by atoms with Gasteiger partial charge in [-0.15, -0.1) is 0 Å². The molecule has 0 bridgehead atoms. The Hall–Kier alpha value is -0.240. The Morgan fingerprint density at radius 1 is 1.58 bits per heavy atom. The molecule has 12 heavy (non-hydrogen) atoms. The molecule has 0 atom stereocenters. The quantitative estimate of drug-likeness (QED) is 0.595. The Morgan fingerprint density at radius 3 is 2.08 bits per heavy atom. The first-order valence-corrected chi connectivity index (χ1v) is 5.24. The van der Waals surface area contributed by atoms with Gasteiger partial charge in [-0.05, 0) is 13.8 Å². The van der Waals surface area contributed by atoms with E-state index >= 15 is 0 Å². The topological polar surface area (TPSA) is 89.4 Å². The lowest BCUT2D eigenvalue weighted by Gasteiger charge is -2.22. The van der Waals surface area contributed by atoms with Crippen molar-refractivity contribution in [2.75, 3.05) is 6.54 Å². The summed E-state index contributed by atoms with van der Waals surface area (Å²) in [6, 6.07) is -0.235. The molecule has 0 saturated carbocycles. The van der Waals surface area contributed by atoms with Crippen LogP contribution in [0.3, 0.4) is 0 Å². The van der Waals surface area contributed by atoms with E-state index in [-0.39, 0.29) is 17.6 Å². The van der Waals surface area contributed by atoms with Gasteiger partial charge in [-0.2, -0.15) is 12.7 Å². The highest BCUT2D eigenvalue weighted by Crippen LogP contribution is 2.01. The van der Waals surface area contributed by atoms with Gasteiger partial charge in [0.1, 0.15) is 0 Å². The molecular weight excluding hydrogens is 198 g/mol. The molecule has 0 rings (SSSR count). The monoisotopic (exact) mass is 211 g/mol. The van der Waals surface area contributed by atoms with E-state index in [1.165, 1.54) is 0 Å². The highest BCUT2D eigenvalue weighted by atomic mass is 32.2. The van der Waals surface area contributed by atoms with Gasteiger partial charge in [-0.3, -0.25) is 0 Å². The maximum absolute atomic E-state index is 10.9. The van der Waals surface area contributed by atoms with Gasteiger partial charge in [-0.25, -0.2) is 5.14 Å². The SMILES string of the molecule is CC(C)N(CC(N)=S)S(N)(=O)=O. The Balaban J connectivity index is 4.58. The molecule has 0 radical (unpaired) electrons. The highest BCUT2D eigenvalue weighted by Gasteiger charge is 2.20. The predicted octanol–water partition coefficient (Wildman–Crippen LogP) is -0.814. The van der Waals surface area contributed by atoms with Crippen LogP contribution in [0.25, 0.3) is 0 Å². The van der Waals surface area contributed by atoms with E-state index in [0.29, 0.717) is 0 Å². The Bertz CT molecular complexity index is 260. The van der Waals surface area contributed by atoms with Crippen LogP contribution in [0.2, 0.25) is 0 Å². The van der Waals surface area contributed by atoms with E-state index in [4.69, 9.17) is 10.9 Å². The normalized spacial score (nSPS) is 12.4. The Morgan fingerprint density at radius 2 is 2.00 bits per heavy atom. The third kappa shape index (κ3) is 3.96. The summed E-state index contributed by atoms with van der Waals surface area (Å²) in [5.41, 5.74) is 5.20. The lowest BCUT2D eigenvalue weighted by molar-refractivity contribution is 0.391. The van der Waals surface area contributed by atoms with Crippen LogP contribution in [0.4, 0.5) is 0 Å². The van der Waals surface area contributed by atoms with E-state index in [0.717, 1.165) is 4.31 Å². The standard InChI is InChI=1S/C5H13N3O2S2/c1-4(2)8(3-5(6)11)12(7,9)10/h4H,3H2,1-2H3,(H2,6,11)(H2,7,9,10). The van der Waals surface area contributed by atoms with Gasteiger partial charge in [0.2, 0.25) is 0 Å². The lowest BCUT2D eigenvalue weighted by Crippen LogP contribution is -2.45. The summed E-state index contributed by atoms with van der Waals surface area (Å²) in [6.45, 7) is 3.39. The van der Waals surface area contributed by atoms with Gasteiger partial charge in [0, 0.05) is 6.04 Å². The second-order valence-electron chi connectivity index (χ2n) is 2.65. The van der Waals surface area contributed by atoms with E-state index in [1.807, 2.05) is 0 Å². The van der Waals surface area contributed by atoms with E-state index in [2.05, 4.69) is 12.2 Å². The summed E-state index contributed by atoms with van der Waals surface area (Å²) in [4.78, 5) is 0.109. The fourth-order valence-electron chi connectivity index (χ4n) is 0.720. The zero-order chi connectivity index (χ0) is 9.94. The average Bonchev–Trinajstić information content (AvgIpc) is 1.79. The summed E-state index contributed by atoms with van der Waals surface area (Å²) >= 11 is 4.58. The zero-order valence-corrected chi connectivity index (χ0v) is 8.65. The van der Waals surface area contributed by atoms with Crippen LogP contribution in [0.15, 0.2) is 0 Å². The summed E-state index contributed by atoms with van der Waals surface area (Å²) in [5, 5.41) is 4.91. The third-order valence-corrected chi connectivity index (χ3v) is 2.55. The van der Waals surface area contributed by atoms with Crippen LogP contribution in [0.5, 0.6) is 0 Å². The molecule has 0 unspecified atom stereocenters. The molecule has 0 heterocycles. The van der Waals surface area contributed by atoms with Crippen molar-refractivity contribution in [3.8, 4) is 0 Å². The van der Waals surface area contributed by atoms with Crippen molar-refractivity contribution < 1.29 is 8.42 Å². The largest absolute Gasteiger partial charge is 0.392 e. The van der Waals surface area contributed by atoms with Crippen molar-refractivity contribution in [1.82, 2.24) is 4.31 Å². The van der Waals surface area contributed by atoms with Crippen LogP contribution >= 0.6 is 12.2 Å². The van der Waals surface area contributed by atoms with Crippen LogP contribution in [-0.2, 0) is 10.2 Å². The molecule has 0 amide bonds. The minimum absolute atomic E-state index is 0.00810. The number of nitrogens with two attached hydrogens (primary N) is 2. The zero-order valence-electron chi connectivity index (χ0n) is 7.02. The number of nitrogens with zero attached hydrogens (tertiary/aromatic N) is 1. The molecule has 0 aromatic heterocycles. The Labute approximate surface area is 77.9 Å². The molecule has 7 heteroatoms. The fourth-order valence-corrected chi connectivity index (χ4v) is 1.85. The molecule has 4 N–H and O–H groups in total. The van der Waals surface area contributed by atoms with E-state index in [9.17, 15) is 8.42 Å². The molecule has 0 aliphatic carbocycles. The first-order valence-electron chi connectivity index (χ1n) is 3.33. The summed E-state index contributed by atoms with van der Waals surface area (Å²) in [6.07, 6.45) is 0. The minimum atomic E-state index is -3.69. The van der Waals surface area contributed by atoms with Crippen LogP contribution < -0.4 is 10.9 Å². The van der Waals surface area contributed by atoms with Crippen LogP contribution in [0, 0.1) is 0 Å². The number of thiocarbonyl (C=S) groups is 1. The van der Waals surface area contributed by atoms with Crippen molar-refractivity contribution >= 4 is 27.4 Å². The minimum Gasteiger partial charge on any atom is -0.392 e. The summed E-state index contributed by atoms with van der Waals surface area (Å²) < 4.78 is 22.8. The van der Waals surface area contributed by atoms with E-state index in [1.54, 1.807) is 13.8 Å². The second-order valence-corrected chi connectivity index (χ2v) is 4.67. The molecule has 0 aromatic rings. The first-order chi connectivity index (χ1) is 5.25. The Kier molecular flexibility index (Phi) is 4.04. The number of rotatable bonds is 4. The van der Waals surface area contributed by atoms with Gasteiger partial charge >= 0.3 is 0 Å². The molecule has 0 aromatic carbocycles. The van der Waals surface area contributed by atoms with Crippen molar-refractivity contribution in [3.05, 3.63) is 0 Å².